The van der Waals surface area contributed by atoms with Crippen LogP contribution in [0.3, 0.4) is 0 Å². The number of hydrogen-bond acceptors (Lipinski definition) is 5. The summed E-state index contributed by atoms with van der Waals surface area (Å²) in [5, 5.41) is 7.92. The van der Waals surface area contributed by atoms with E-state index in [0.29, 0.717) is 17.5 Å². The molecule has 17 heavy (non-hydrogen) atoms. The van der Waals surface area contributed by atoms with E-state index in [9.17, 15) is 0 Å². The maximum absolute atomic E-state index is 5.54. The van der Waals surface area contributed by atoms with E-state index in [1.807, 2.05) is 31.2 Å². The third-order valence-corrected chi connectivity index (χ3v) is 2.44. The molecule has 0 aliphatic carbocycles. The highest BCUT2D eigenvalue weighted by molar-refractivity contribution is 5.59. The maximum Gasteiger partial charge on any atom is 0.285 e. The first kappa shape index (κ1) is 9.77. The molecule has 0 fully saturated rings. The molecule has 0 N–H and O–H groups in total. The van der Waals surface area contributed by atoms with E-state index in [1.165, 1.54) is 12.6 Å². The van der Waals surface area contributed by atoms with Crippen LogP contribution in [0.15, 0.2) is 45.7 Å². The summed E-state index contributed by atoms with van der Waals surface area (Å²) in [7, 11) is 0. The van der Waals surface area contributed by atoms with Crippen molar-refractivity contribution in [2.75, 3.05) is 0 Å². The zero-order valence-electron chi connectivity index (χ0n) is 9.12. The van der Waals surface area contributed by atoms with E-state index >= 15 is 0 Å². The van der Waals surface area contributed by atoms with Crippen molar-refractivity contribution in [3.8, 4) is 23.1 Å². The first-order valence-electron chi connectivity index (χ1n) is 5.13. The number of rotatable bonds is 2. The number of aryl methyl sites for hydroxylation is 1. The van der Waals surface area contributed by atoms with Crippen LogP contribution in [0, 0.1) is 6.92 Å². The fourth-order valence-electron chi connectivity index (χ4n) is 1.57. The predicted molar refractivity (Wildman–Crippen MR) is 60.0 cm³/mol. The van der Waals surface area contributed by atoms with Gasteiger partial charge in [0.1, 0.15) is 0 Å². The van der Waals surface area contributed by atoms with Crippen LogP contribution in [0.4, 0.5) is 0 Å². The fraction of sp³-hybridized carbons (Fsp3) is 0.0833. The maximum atomic E-state index is 5.54. The highest BCUT2D eigenvalue weighted by atomic mass is 16.4. The predicted octanol–water partition coefficient (Wildman–Crippen LogP) is 2.70. The lowest BCUT2D eigenvalue weighted by molar-refractivity contribution is 0.519. The van der Waals surface area contributed by atoms with Gasteiger partial charge in [0, 0.05) is 5.56 Å². The Morgan fingerprint density at radius 2 is 1.88 bits per heavy atom. The smallest absolute Gasteiger partial charge is 0.285 e. The van der Waals surface area contributed by atoms with Crippen molar-refractivity contribution < 1.29 is 8.83 Å². The molecule has 0 amide bonds. The largest absolute Gasteiger partial charge is 0.438 e. The number of benzene rings is 1. The molecule has 0 saturated carbocycles. The third kappa shape index (κ3) is 1.71. The van der Waals surface area contributed by atoms with Gasteiger partial charge < -0.3 is 8.83 Å². The molecule has 0 atom stereocenters. The molecule has 0 saturated heterocycles. The molecule has 0 radical (unpaired) electrons. The van der Waals surface area contributed by atoms with Crippen LogP contribution in [-0.2, 0) is 0 Å². The van der Waals surface area contributed by atoms with E-state index < -0.39 is 0 Å². The first-order valence-corrected chi connectivity index (χ1v) is 5.13. The van der Waals surface area contributed by atoms with Crippen molar-refractivity contribution in [3.63, 3.8) is 0 Å². The summed E-state index contributed by atoms with van der Waals surface area (Å²) < 4.78 is 10.6. The minimum atomic E-state index is 0.334. The monoisotopic (exact) mass is 227 g/mol. The van der Waals surface area contributed by atoms with Crippen LogP contribution in [0.1, 0.15) is 5.56 Å². The van der Waals surface area contributed by atoms with Crippen molar-refractivity contribution in [1.82, 2.24) is 15.2 Å². The molecule has 3 rings (SSSR count). The van der Waals surface area contributed by atoms with Gasteiger partial charge in [-0.15, -0.1) is 10.2 Å². The molecule has 1 aromatic carbocycles. The zero-order chi connectivity index (χ0) is 11.7. The molecular formula is C12H9N3O2. The van der Waals surface area contributed by atoms with Gasteiger partial charge in [0.25, 0.3) is 5.89 Å². The molecule has 0 spiro atoms. The second kappa shape index (κ2) is 3.86. The lowest BCUT2D eigenvalue weighted by Gasteiger charge is -1.98. The van der Waals surface area contributed by atoms with Crippen molar-refractivity contribution in [2.24, 2.45) is 0 Å². The van der Waals surface area contributed by atoms with Crippen molar-refractivity contribution in [1.29, 1.82) is 0 Å². The normalized spacial score (nSPS) is 10.6. The van der Waals surface area contributed by atoms with Crippen molar-refractivity contribution >= 4 is 0 Å². The van der Waals surface area contributed by atoms with Gasteiger partial charge in [0.15, 0.2) is 6.39 Å². The summed E-state index contributed by atoms with van der Waals surface area (Å²) in [4.78, 5) is 3.80. The van der Waals surface area contributed by atoms with E-state index in [2.05, 4.69) is 15.2 Å². The zero-order valence-corrected chi connectivity index (χ0v) is 9.12. The Morgan fingerprint density at radius 1 is 1.06 bits per heavy atom. The minimum absolute atomic E-state index is 0.334. The van der Waals surface area contributed by atoms with Crippen LogP contribution in [-0.4, -0.2) is 15.2 Å². The molecule has 2 aromatic heterocycles. The Balaban J connectivity index is 2.04. The molecule has 3 aromatic rings. The van der Waals surface area contributed by atoms with Gasteiger partial charge >= 0.3 is 0 Å². The summed E-state index contributed by atoms with van der Waals surface area (Å²) >= 11 is 0. The van der Waals surface area contributed by atoms with Crippen LogP contribution >= 0.6 is 0 Å². The van der Waals surface area contributed by atoms with Gasteiger partial charge in [-0.3, -0.25) is 0 Å². The van der Waals surface area contributed by atoms with Crippen LogP contribution in [0.25, 0.3) is 23.1 Å². The quantitative estimate of drug-likeness (QED) is 0.673. The van der Waals surface area contributed by atoms with E-state index in [4.69, 9.17) is 8.83 Å². The standard InChI is InChI=1S/C12H9N3O2/c1-8-4-2-3-5-9(8)11-14-15-12(17-11)10-6-13-7-16-10/h2-7H,1H3. The molecule has 0 aliphatic heterocycles. The Morgan fingerprint density at radius 3 is 2.65 bits per heavy atom. The average molecular weight is 227 g/mol. The second-order valence-electron chi connectivity index (χ2n) is 3.59. The summed E-state index contributed by atoms with van der Waals surface area (Å²) in [5.74, 6) is 1.28. The SMILES string of the molecule is Cc1ccccc1-c1nnc(-c2cnco2)o1. The van der Waals surface area contributed by atoms with Gasteiger partial charge in [-0.05, 0) is 18.6 Å². The van der Waals surface area contributed by atoms with Crippen molar-refractivity contribution in [3.05, 3.63) is 42.4 Å². The summed E-state index contributed by atoms with van der Waals surface area (Å²) in [6, 6.07) is 7.83. The molecule has 0 unspecified atom stereocenters. The summed E-state index contributed by atoms with van der Waals surface area (Å²) in [5.41, 5.74) is 2.01. The Bertz CT molecular complexity index is 629. The molecular weight excluding hydrogens is 218 g/mol. The molecule has 84 valence electrons. The number of hydrogen-bond donors (Lipinski definition) is 0. The van der Waals surface area contributed by atoms with Crippen LogP contribution < -0.4 is 0 Å². The summed E-state index contributed by atoms with van der Waals surface area (Å²) in [6.45, 7) is 1.99. The fourth-order valence-corrected chi connectivity index (χ4v) is 1.57. The van der Waals surface area contributed by atoms with Gasteiger partial charge in [0.05, 0.1) is 6.20 Å². The van der Waals surface area contributed by atoms with E-state index in [-0.39, 0.29) is 0 Å². The Kier molecular flexibility index (Phi) is 2.22. The highest BCUT2D eigenvalue weighted by Gasteiger charge is 2.13. The van der Waals surface area contributed by atoms with Gasteiger partial charge in [-0.2, -0.15) is 0 Å². The Labute approximate surface area is 97.1 Å². The highest BCUT2D eigenvalue weighted by Crippen LogP contribution is 2.25. The molecule has 0 aliphatic rings. The lowest BCUT2D eigenvalue weighted by Crippen LogP contribution is -1.81. The van der Waals surface area contributed by atoms with E-state index in [0.717, 1.165) is 11.1 Å². The topological polar surface area (TPSA) is 65.0 Å². The molecule has 5 heteroatoms. The number of oxazole rings is 1. The van der Waals surface area contributed by atoms with Crippen molar-refractivity contribution in [2.45, 2.75) is 6.92 Å². The van der Waals surface area contributed by atoms with Crippen LogP contribution in [0.2, 0.25) is 0 Å². The second-order valence-corrected chi connectivity index (χ2v) is 3.59. The van der Waals surface area contributed by atoms with Gasteiger partial charge in [-0.25, -0.2) is 4.98 Å². The molecule has 0 bridgehead atoms. The molecule has 2 heterocycles. The molecule has 5 nitrogen and oxygen atoms in total. The average Bonchev–Trinajstić information content (AvgIpc) is 3.00. The lowest BCUT2D eigenvalue weighted by atomic mass is 10.1. The van der Waals surface area contributed by atoms with Gasteiger partial charge in [0.2, 0.25) is 11.7 Å². The van der Waals surface area contributed by atoms with E-state index in [1.54, 1.807) is 0 Å². The van der Waals surface area contributed by atoms with Gasteiger partial charge in [-0.1, -0.05) is 18.2 Å². The van der Waals surface area contributed by atoms with Crippen LogP contribution in [0.5, 0.6) is 0 Å². The number of aromatic nitrogens is 3. The third-order valence-electron chi connectivity index (χ3n) is 2.44. The first-order chi connectivity index (χ1) is 8.34. The minimum Gasteiger partial charge on any atom is -0.438 e. The Hall–Kier alpha value is -2.43. The summed E-state index contributed by atoms with van der Waals surface area (Å²) in [6.07, 6.45) is 2.86. The number of nitrogens with zero attached hydrogens (tertiary/aromatic N) is 3.